The molecular formula is C32H19Br. The standard InChI is InChI=1S/C32H19Br/c33-28-17-16-27-31-23(28)12-5-15-26(31)32(27)24-13-3-8-19-6-1-10-21(29(19)24)18-22-11-2-7-20-9-4-14-25(32)30(20)22/h1-17H,18H2/i1D,2D,3D,4D,6D,7D,8D,9D,10D,11D,13D,14D. The molecule has 0 aromatic heterocycles. The van der Waals surface area contributed by atoms with E-state index in [-0.39, 0.29) is 74.4 Å². The maximum atomic E-state index is 9.41. The molecule has 154 valence electrons. The van der Waals surface area contributed by atoms with Crippen LogP contribution >= 0.6 is 15.9 Å². The molecule has 0 fully saturated rings. The zero-order valence-corrected chi connectivity index (χ0v) is 18.6. The molecule has 1 spiro atoms. The zero-order chi connectivity index (χ0) is 32.2. The van der Waals surface area contributed by atoms with Crippen molar-refractivity contribution in [1.82, 2.24) is 0 Å². The minimum Gasteiger partial charge on any atom is -0.0613 e. The molecule has 1 heteroatoms. The summed E-state index contributed by atoms with van der Waals surface area (Å²) in [6, 6.07) is 3.89. The minimum atomic E-state index is -1.61. The third-order valence-corrected chi connectivity index (χ3v) is 7.75. The van der Waals surface area contributed by atoms with Gasteiger partial charge in [-0.05, 0) is 78.2 Å². The maximum absolute atomic E-state index is 9.41. The molecule has 0 amide bonds. The quantitative estimate of drug-likeness (QED) is 0.198. The molecule has 0 radical (unpaired) electrons. The van der Waals surface area contributed by atoms with Crippen LogP contribution in [0.3, 0.4) is 0 Å². The Hall–Kier alpha value is -3.42. The molecule has 2 aliphatic rings. The fourth-order valence-electron chi connectivity index (χ4n) is 5.81. The molecule has 0 saturated carbocycles. The molecule has 0 heterocycles. The van der Waals surface area contributed by atoms with E-state index in [2.05, 4.69) is 15.9 Å². The van der Waals surface area contributed by atoms with Crippen LogP contribution in [0.4, 0.5) is 0 Å². The summed E-state index contributed by atoms with van der Waals surface area (Å²) in [5, 5.41) is 1.69. The van der Waals surface area contributed by atoms with Crippen LogP contribution in [0.15, 0.2) is 107 Å². The van der Waals surface area contributed by atoms with Gasteiger partial charge in [-0.15, -0.1) is 0 Å². The predicted molar refractivity (Wildman–Crippen MR) is 141 cm³/mol. The fourth-order valence-corrected chi connectivity index (χ4v) is 6.28. The monoisotopic (exact) mass is 494 g/mol. The Kier molecular flexibility index (Phi) is 1.90. The van der Waals surface area contributed by atoms with Crippen LogP contribution in [0.25, 0.3) is 32.3 Å². The largest absolute Gasteiger partial charge is 0.0725 e. The number of hydrogen-bond acceptors (Lipinski definition) is 0. The van der Waals surface area contributed by atoms with Crippen LogP contribution in [0.5, 0.6) is 0 Å². The van der Waals surface area contributed by atoms with Crippen molar-refractivity contribution in [1.29, 1.82) is 0 Å². The van der Waals surface area contributed by atoms with Gasteiger partial charge in [0.1, 0.15) is 0 Å². The van der Waals surface area contributed by atoms with Crippen molar-refractivity contribution in [3.63, 3.8) is 0 Å². The molecule has 33 heavy (non-hydrogen) atoms. The summed E-state index contributed by atoms with van der Waals surface area (Å²) in [7, 11) is 0. The Morgan fingerprint density at radius 3 is 1.82 bits per heavy atom. The van der Waals surface area contributed by atoms with E-state index in [4.69, 9.17) is 13.7 Å². The Bertz CT molecular complexity index is 2300. The van der Waals surface area contributed by atoms with Crippen molar-refractivity contribution in [3.05, 3.63) is 141 Å². The lowest BCUT2D eigenvalue weighted by Crippen LogP contribution is -2.39. The second-order valence-corrected chi connectivity index (χ2v) is 9.31. The average Bonchev–Trinajstić information content (AvgIpc) is 3.01. The lowest BCUT2D eigenvalue weighted by atomic mass is 9.54. The number of fused-ring (bicyclic) bond motifs is 4. The number of hydrogen-bond donors (Lipinski definition) is 0. The third-order valence-electron chi connectivity index (χ3n) is 7.05. The van der Waals surface area contributed by atoms with Gasteiger partial charge in [0.05, 0.1) is 21.9 Å². The molecule has 0 nitrogen and oxygen atoms in total. The molecule has 0 atom stereocenters. The Morgan fingerprint density at radius 1 is 0.606 bits per heavy atom. The highest BCUT2D eigenvalue weighted by molar-refractivity contribution is 9.10. The molecule has 0 bridgehead atoms. The van der Waals surface area contributed by atoms with Crippen molar-refractivity contribution in [3.8, 4) is 0 Å². The van der Waals surface area contributed by atoms with E-state index >= 15 is 0 Å². The molecule has 0 unspecified atom stereocenters. The SMILES string of the molecule is [2H]c1c([2H])c2c3c(c([2H])c([2H])c([2H])c3c1[2H])C1(c3cccc4c(Br)ccc1c34)c1c([2H])c([2H])c([2H])c3c([2H])c([2H])c([2H])c(c13)C2. The van der Waals surface area contributed by atoms with Crippen molar-refractivity contribution < 1.29 is 16.4 Å². The first-order chi connectivity index (χ1) is 21.3. The van der Waals surface area contributed by atoms with Gasteiger partial charge in [0.15, 0.2) is 0 Å². The van der Waals surface area contributed by atoms with Crippen LogP contribution in [-0.4, -0.2) is 0 Å². The van der Waals surface area contributed by atoms with Gasteiger partial charge < -0.3 is 0 Å². The summed E-state index contributed by atoms with van der Waals surface area (Å²) in [5.74, 6) is 0. The molecule has 6 aromatic rings. The van der Waals surface area contributed by atoms with Crippen molar-refractivity contribution in [2.75, 3.05) is 0 Å². The molecule has 0 saturated heterocycles. The van der Waals surface area contributed by atoms with Gasteiger partial charge in [0.2, 0.25) is 0 Å². The van der Waals surface area contributed by atoms with Gasteiger partial charge in [0.25, 0.3) is 0 Å². The first-order valence-corrected chi connectivity index (χ1v) is 11.3. The van der Waals surface area contributed by atoms with E-state index in [0.717, 1.165) is 15.2 Å². The lowest BCUT2D eigenvalue weighted by Gasteiger charge is -2.47. The lowest BCUT2D eigenvalue weighted by molar-refractivity contribution is 0.733. The smallest absolute Gasteiger partial charge is 0.0613 e. The summed E-state index contributed by atoms with van der Waals surface area (Å²) in [5.41, 5.74) is 0.0929. The summed E-state index contributed by atoms with van der Waals surface area (Å²) in [6.07, 6.45) is -0.275. The van der Waals surface area contributed by atoms with Gasteiger partial charge >= 0.3 is 0 Å². The van der Waals surface area contributed by atoms with E-state index in [1.807, 2.05) is 12.1 Å². The summed E-state index contributed by atoms with van der Waals surface area (Å²) >= 11 is 3.61. The summed E-state index contributed by atoms with van der Waals surface area (Å²) in [6.45, 7) is 0. The highest BCUT2D eigenvalue weighted by Crippen LogP contribution is 2.61. The van der Waals surface area contributed by atoms with Crippen molar-refractivity contribution in [2.45, 2.75) is 11.8 Å². The molecular weight excluding hydrogens is 464 g/mol. The van der Waals surface area contributed by atoms with Crippen molar-refractivity contribution in [2.24, 2.45) is 0 Å². The van der Waals surface area contributed by atoms with E-state index < -0.39 is 53.8 Å². The molecule has 6 aromatic carbocycles. The number of benzene rings is 6. The van der Waals surface area contributed by atoms with Crippen LogP contribution in [0.1, 0.15) is 49.8 Å². The Morgan fingerprint density at radius 2 is 1.18 bits per heavy atom. The predicted octanol–water partition coefficient (Wildman–Crippen LogP) is 8.51. The van der Waals surface area contributed by atoms with E-state index in [0.29, 0.717) is 11.1 Å². The second-order valence-electron chi connectivity index (χ2n) is 8.46. The minimum absolute atomic E-state index is 0.0942. The highest BCUT2D eigenvalue weighted by Gasteiger charge is 2.50. The van der Waals surface area contributed by atoms with E-state index in [1.165, 1.54) is 0 Å². The van der Waals surface area contributed by atoms with Gasteiger partial charge in [0, 0.05) is 4.47 Å². The van der Waals surface area contributed by atoms with Crippen LogP contribution in [-0.2, 0) is 11.8 Å². The average molecular weight is 495 g/mol. The van der Waals surface area contributed by atoms with Crippen LogP contribution in [0, 0.1) is 0 Å². The molecule has 8 rings (SSSR count). The summed E-state index contributed by atoms with van der Waals surface area (Å²) in [4.78, 5) is 0. The number of halogens is 1. The molecule has 0 N–H and O–H groups in total. The van der Waals surface area contributed by atoms with Gasteiger partial charge in [-0.1, -0.05) is 113 Å². The topological polar surface area (TPSA) is 0 Å². The maximum Gasteiger partial charge on any atom is 0.0725 e. The Labute approximate surface area is 217 Å². The molecule has 2 aliphatic carbocycles. The second kappa shape index (κ2) is 6.12. The molecule has 0 aliphatic heterocycles. The summed E-state index contributed by atoms with van der Waals surface area (Å²) < 4.78 is 108. The fraction of sp³-hybridized carbons (Fsp3) is 0.0625. The number of rotatable bonds is 0. The van der Waals surface area contributed by atoms with Crippen molar-refractivity contribution >= 4 is 48.2 Å². The van der Waals surface area contributed by atoms with E-state index in [9.17, 15) is 2.74 Å². The Balaban J connectivity index is 1.80. The normalized spacial score (nSPS) is 20.0. The first kappa shape index (κ1) is 10.2. The van der Waals surface area contributed by atoms with Gasteiger partial charge in [-0.25, -0.2) is 0 Å². The van der Waals surface area contributed by atoms with E-state index in [1.54, 1.807) is 18.2 Å². The van der Waals surface area contributed by atoms with Crippen LogP contribution < -0.4 is 0 Å². The first-order valence-electron chi connectivity index (χ1n) is 16.6. The zero-order valence-electron chi connectivity index (χ0n) is 29.0. The third kappa shape index (κ3) is 2.04. The van der Waals surface area contributed by atoms with Gasteiger partial charge in [-0.3, -0.25) is 0 Å². The van der Waals surface area contributed by atoms with Gasteiger partial charge in [-0.2, -0.15) is 0 Å². The highest BCUT2D eigenvalue weighted by atomic mass is 79.9. The van der Waals surface area contributed by atoms with Crippen LogP contribution in [0.2, 0.25) is 0 Å².